The molecular weight excluding hydrogens is 435 g/mol. The van der Waals surface area contributed by atoms with Gasteiger partial charge in [0.1, 0.15) is 5.82 Å². The third kappa shape index (κ3) is 5.66. The van der Waals surface area contributed by atoms with Crippen LogP contribution in [0.5, 0.6) is 0 Å². The molecule has 1 N–H and O–H groups in total. The molecule has 3 rings (SSSR count). The first-order valence-corrected chi connectivity index (χ1v) is 11.3. The van der Waals surface area contributed by atoms with Crippen LogP contribution >= 0.6 is 23.4 Å². The lowest BCUT2D eigenvalue weighted by Gasteiger charge is -2.22. The van der Waals surface area contributed by atoms with Crippen LogP contribution in [0.4, 0.5) is 4.39 Å². The number of thioether (sulfide) groups is 1. The first-order chi connectivity index (χ1) is 14.6. The van der Waals surface area contributed by atoms with Crippen LogP contribution in [0.15, 0.2) is 47.6 Å². The molecule has 3 aromatic rings. The fourth-order valence-electron chi connectivity index (χ4n) is 2.91. The molecule has 2 aromatic carbocycles. The number of carbonyl (C=O) groups is 1. The molecule has 0 saturated carbocycles. The Bertz CT molecular complexity index is 1080. The van der Waals surface area contributed by atoms with Gasteiger partial charge >= 0.3 is 0 Å². The van der Waals surface area contributed by atoms with Crippen molar-refractivity contribution in [2.45, 2.75) is 51.6 Å². The summed E-state index contributed by atoms with van der Waals surface area (Å²) in [5.41, 5.74) is 2.31. The largest absolute Gasteiger partial charge is 0.346 e. The number of amides is 1. The molecule has 31 heavy (non-hydrogen) atoms. The summed E-state index contributed by atoms with van der Waals surface area (Å²) in [5, 5.41) is 13.1. The monoisotopic (exact) mass is 460 g/mol. The second-order valence-electron chi connectivity index (χ2n) is 8.47. The minimum Gasteiger partial charge on any atom is -0.346 e. The Hall–Kier alpha value is -2.38. The van der Waals surface area contributed by atoms with Crippen molar-refractivity contribution in [3.8, 4) is 5.69 Å². The zero-order valence-electron chi connectivity index (χ0n) is 18.2. The van der Waals surface area contributed by atoms with Gasteiger partial charge in [0, 0.05) is 16.2 Å². The highest BCUT2D eigenvalue weighted by molar-refractivity contribution is 7.98. The maximum atomic E-state index is 13.2. The molecule has 1 aromatic heterocycles. The minimum absolute atomic E-state index is 0.0714. The second-order valence-corrected chi connectivity index (χ2v) is 9.85. The highest BCUT2D eigenvalue weighted by atomic mass is 35.5. The number of halogens is 2. The van der Waals surface area contributed by atoms with E-state index in [2.05, 4.69) is 15.5 Å². The van der Waals surface area contributed by atoms with Gasteiger partial charge in [-0.1, -0.05) is 62.3 Å². The average Bonchev–Trinajstić information content (AvgIpc) is 3.12. The Morgan fingerprint density at radius 2 is 1.87 bits per heavy atom. The molecule has 5 nitrogen and oxygen atoms in total. The Kier molecular flexibility index (Phi) is 7.06. The van der Waals surface area contributed by atoms with Gasteiger partial charge < -0.3 is 5.32 Å². The van der Waals surface area contributed by atoms with E-state index in [1.54, 1.807) is 12.1 Å². The van der Waals surface area contributed by atoms with E-state index < -0.39 is 5.41 Å². The third-order valence-electron chi connectivity index (χ3n) is 4.77. The number of benzene rings is 2. The maximum Gasteiger partial charge on any atom is 0.225 e. The lowest BCUT2D eigenvalue weighted by Crippen LogP contribution is -2.37. The van der Waals surface area contributed by atoms with Gasteiger partial charge in [0.05, 0.1) is 11.7 Å². The van der Waals surface area contributed by atoms with Crippen LogP contribution < -0.4 is 5.32 Å². The number of carbonyl (C=O) groups excluding carboxylic acids is 1. The van der Waals surface area contributed by atoms with Gasteiger partial charge in [-0.3, -0.25) is 9.36 Å². The summed E-state index contributed by atoms with van der Waals surface area (Å²) in [7, 11) is 0. The van der Waals surface area contributed by atoms with Crippen LogP contribution in [-0.2, 0) is 10.5 Å². The van der Waals surface area contributed by atoms with Crippen molar-refractivity contribution in [1.82, 2.24) is 20.1 Å². The van der Waals surface area contributed by atoms with Crippen molar-refractivity contribution in [1.29, 1.82) is 0 Å². The molecule has 0 radical (unpaired) electrons. The number of hydrogen-bond acceptors (Lipinski definition) is 4. The lowest BCUT2D eigenvalue weighted by atomic mass is 9.95. The van der Waals surface area contributed by atoms with Crippen LogP contribution in [0.1, 0.15) is 50.7 Å². The van der Waals surface area contributed by atoms with Crippen LogP contribution in [0.3, 0.4) is 0 Å². The molecule has 0 aliphatic heterocycles. The Balaban J connectivity index is 1.98. The molecule has 1 atom stereocenters. The van der Waals surface area contributed by atoms with Crippen LogP contribution in [-0.4, -0.2) is 20.7 Å². The number of rotatable bonds is 6. The molecule has 0 fully saturated rings. The molecule has 0 saturated heterocycles. The van der Waals surface area contributed by atoms with E-state index in [4.69, 9.17) is 11.6 Å². The summed E-state index contributed by atoms with van der Waals surface area (Å²) in [6.07, 6.45) is 0. The summed E-state index contributed by atoms with van der Waals surface area (Å²) in [6.45, 7) is 9.47. The lowest BCUT2D eigenvalue weighted by molar-refractivity contribution is -0.129. The van der Waals surface area contributed by atoms with Gasteiger partial charge in [-0.05, 0) is 49.2 Å². The summed E-state index contributed by atoms with van der Waals surface area (Å²) >= 11 is 7.77. The van der Waals surface area contributed by atoms with E-state index in [-0.39, 0.29) is 17.8 Å². The maximum absolute atomic E-state index is 13.2. The van der Waals surface area contributed by atoms with Crippen molar-refractivity contribution < 1.29 is 9.18 Å². The summed E-state index contributed by atoms with van der Waals surface area (Å²) in [6, 6.07) is 11.7. The predicted molar refractivity (Wildman–Crippen MR) is 123 cm³/mol. The Labute approximate surface area is 191 Å². The number of nitrogens with one attached hydrogen (secondary N) is 1. The van der Waals surface area contributed by atoms with Crippen molar-refractivity contribution in [2.75, 3.05) is 0 Å². The molecule has 0 aliphatic rings. The van der Waals surface area contributed by atoms with Gasteiger partial charge in [0.2, 0.25) is 5.91 Å². The Morgan fingerprint density at radius 1 is 1.19 bits per heavy atom. The first kappa shape index (κ1) is 23.3. The molecule has 1 heterocycles. The molecule has 0 aliphatic carbocycles. The highest BCUT2D eigenvalue weighted by Crippen LogP contribution is 2.30. The number of aryl methyl sites for hydroxylation is 1. The first-order valence-electron chi connectivity index (χ1n) is 9.96. The SMILES string of the molecule is Cc1ccc(Cl)cc1-n1c(SCc2ccc(F)cc2)nnc1C(C)NC(=O)C(C)(C)C. The molecule has 0 spiro atoms. The van der Waals surface area contributed by atoms with Gasteiger partial charge in [0.15, 0.2) is 11.0 Å². The number of aromatic nitrogens is 3. The summed E-state index contributed by atoms with van der Waals surface area (Å²) in [5.74, 6) is 0.875. The molecule has 0 bridgehead atoms. The van der Waals surface area contributed by atoms with Crippen LogP contribution in [0.2, 0.25) is 5.02 Å². The second kappa shape index (κ2) is 9.40. The van der Waals surface area contributed by atoms with Crippen LogP contribution in [0, 0.1) is 18.2 Å². The van der Waals surface area contributed by atoms with Crippen molar-refractivity contribution in [3.63, 3.8) is 0 Å². The van der Waals surface area contributed by atoms with Gasteiger partial charge in [-0.2, -0.15) is 0 Å². The Morgan fingerprint density at radius 3 is 2.52 bits per heavy atom. The van der Waals surface area contributed by atoms with E-state index in [1.807, 2.05) is 57.4 Å². The predicted octanol–water partition coefficient (Wildman–Crippen LogP) is 5.88. The van der Waals surface area contributed by atoms with Crippen molar-refractivity contribution in [2.24, 2.45) is 5.41 Å². The number of hydrogen-bond donors (Lipinski definition) is 1. The fourth-order valence-corrected chi connectivity index (χ4v) is 3.99. The summed E-state index contributed by atoms with van der Waals surface area (Å²) in [4.78, 5) is 12.5. The van der Waals surface area contributed by atoms with Gasteiger partial charge in [-0.15, -0.1) is 10.2 Å². The van der Waals surface area contributed by atoms with E-state index >= 15 is 0 Å². The van der Waals surface area contributed by atoms with Crippen LogP contribution in [0.25, 0.3) is 5.69 Å². The average molecular weight is 461 g/mol. The zero-order chi connectivity index (χ0) is 22.8. The standard InChI is InChI=1S/C23H26ClFN4OS/c1-14-6-9-17(24)12-19(14)29-20(15(2)26-21(30)23(3,4)5)27-28-22(29)31-13-16-7-10-18(25)11-8-16/h6-12,15H,13H2,1-5H3,(H,26,30). The van der Waals surface area contributed by atoms with Gasteiger partial charge in [-0.25, -0.2) is 4.39 Å². The highest BCUT2D eigenvalue weighted by Gasteiger charge is 2.27. The summed E-state index contributed by atoms with van der Waals surface area (Å²) < 4.78 is 15.2. The number of nitrogens with zero attached hydrogens (tertiary/aromatic N) is 3. The molecule has 8 heteroatoms. The molecule has 1 amide bonds. The fraction of sp³-hybridized carbons (Fsp3) is 0.348. The molecule has 164 valence electrons. The van der Waals surface area contributed by atoms with E-state index in [0.29, 0.717) is 21.8 Å². The molecular formula is C23H26ClFN4OS. The molecule has 1 unspecified atom stereocenters. The zero-order valence-corrected chi connectivity index (χ0v) is 19.8. The topological polar surface area (TPSA) is 59.8 Å². The quantitative estimate of drug-likeness (QED) is 0.466. The van der Waals surface area contributed by atoms with Gasteiger partial charge in [0.25, 0.3) is 0 Å². The minimum atomic E-state index is -0.523. The van der Waals surface area contributed by atoms with Crippen molar-refractivity contribution in [3.05, 3.63) is 70.3 Å². The van der Waals surface area contributed by atoms with E-state index in [1.165, 1.54) is 23.9 Å². The normalized spacial score (nSPS) is 12.6. The van der Waals surface area contributed by atoms with E-state index in [9.17, 15) is 9.18 Å². The van der Waals surface area contributed by atoms with Crippen molar-refractivity contribution >= 4 is 29.3 Å². The van der Waals surface area contributed by atoms with E-state index in [0.717, 1.165) is 16.8 Å². The third-order valence-corrected chi connectivity index (χ3v) is 6.00. The smallest absolute Gasteiger partial charge is 0.225 e.